The number of aryl methyl sites for hydroxylation is 1. The predicted molar refractivity (Wildman–Crippen MR) is 59.9 cm³/mol. The van der Waals surface area contributed by atoms with E-state index in [4.69, 9.17) is 11.6 Å². The standard InChI is InChI=1S/C11H9ClN2O/c1-14-6-2-3-9(11(14)15)8-4-5-10(12)13-7-8/h2-7H,1H3. The van der Waals surface area contributed by atoms with Gasteiger partial charge in [0, 0.05) is 30.6 Å². The van der Waals surface area contributed by atoms with Crippen LogP contribution < -0.4 is 5.56 Å². The molecular weight excluding hydrogens is 212 g/mol. The summed E-state index contributed by atoms with van der Waals surface area (Å²) in [6, 6.07) is 7.05. The van der Waals surface area contributed by atoms with Crippen LogP contribution in [0.2, 0.25) is 5.15 Å². The summed E-state index contributed by atoms with van der Waals surface area (Å²) in [7, 11) is 1.72. The van der Waals surface area contributed by atoms with Crippen molar-refractivity contribution in [1.29, 1.82) is 0 Å². The number of pyridine rings is 2. The molecule has 3 nitrogen and oxygen atoms in total. The summed E-state index contributed by atoms with van der Waals surface area (Å²) < 4.78 is 1.53. The molecule has 15 heavy (non-hydrogen) atoms. The monoisotopic (exact) mass is 220 g/mol. The molecule has 0 aliphatic heterocycles. The smallest absolute Gasteiger partial charge is 0.258 e. The highest BCUT2D eigenvalue weighted by Gasteiger charge is 2.03. The van der Waals surface area contributed by atoms with Gasteiger partial charge < -0.3 is 4.57 Å². The van der Waals surface area contributed by atoms with E-state index in [1.165, 1.54) is 4.57 Å². The summed E-state index contributed by atoms with van der Waals surface area (Å²) in [4.78, 5) is 15.7. The van der Waals surface area contributed by atoms with Crippen molar-refractivity contribution in [3.8, 4) is 11.1 Å². The Balaban J connectivity index is 2.59. The summed E-state index contributed by atoms with van der Waals surface area (Å²) in [5.74, 6) is 0. The van der Waals surface area contributed by atoms with Gasteiger partial charge in [-0.05, 0) is 24.3 Å². The van der Waals surface area contributed by atoms with Crippen LogP contribution in [0.25, 0.3) is 11.1 Å². The highest BCUT2D eigenvalue weighted by atomic mass is 35.5. The minimum absolute atomic E-state index is 0.0402. The first-order valence-corrected chi connectivity index (χ1v) is 4.84. The van der Waals surface area contributed by atoms with Crippen LogP contribution in [0, 0.1) is 0 Å². The van der Waals surface area contributed by atoms with E-state index in [1.54, 1.807) is 37.6 Å². The second-order valence-corrected chi connectivity index (χ2v) is 3.59. The summed E-state index contributed by atoms with van der Waals surface area (Å²) in [6.45, 7) is 0. The summed E-state index contributed by atoms with van der Waals surface area (Å²) in [5.41, 5.74) is 1.37. The molecule has 0 fully saturated rings. The first-order valence-electron chi connectivity index (χ1n) is 4.46. The van der Waals surface area contributed by atoms with Gasteiger partial charge in [0.1, 0.15) is 5.15 Å². The van der Waals surface area contributed by atoms with E-state index in [-0.39, 0.29) is 5.56 Å². The quantitative estimate of drug-likeness (QED) is 0.690. The fourth-order valence-corrected chi connectivity index (χ4v) is 1.46. The summed E-state index contributed by atoms with van der Waals surface area (Å²) in [5, 5.41) is 0.423. The largest absolute Gasteiger partial charge is 0.318 e. The Bertz CT molecular complexity index is 531. The lowest BCUT2D eigenvalue weighted by Crippen LogP contribution is -2.17. The van der Waals surface area contributed by atoms with E-state index in [1.807, 2.05) is 6.07 Å². The van der Waals surface area contributed by atoms with Crippen LogP contribution >= 0.6 is 11.6 Å². The zero-order chi connectivity index (χ0) is 10.8. The highest BCUT2D eigenvalue weighted by molar-refractivity contribution is 6.29. The molecule has 0 amide bonds. The van der Waals surface area contributed by atoms with Crippen LogP contribution in [0.5, 0.6) is 0 Å². The first kappa shape index (κ1) is 9.93. The van der Waals surface area contributed by atoms with E-state index in [0.29, 0.717) is 10.7 Å². The van der Waals surface area contributed by atoms with Gasteiger partial charge in [-0.25, -0.2) is 4.98 Å². The number of hydrogen-bond donors (Lipinski definition) is 0. The maximum absolute atomic E-state index is 11.8. The van der Waals surface area contributed by atoms with E-state index in [9.17, 15) is 4.79 Å². The lowest BCUT2D eigenvalue weighted by molar-refractivity contribution is 0.863. The van der Waals surface area contributed by atoms with Crippen LogP contribution in [0.3, 0.4) is 0 Å². The second kappa shape index (κ2) is 3.87. The number of nitrogens with zero attached hydrogens (tertiary/aromatic N) is 2. The predicted octanol–water partition coefficient (Wildman–Crippen LogP) is 2.10. The van der Waals surface area contributed by atoms with Crippen molar-refractivity contribution in [2.45, 2.75) is 0 Å². The fraction of sp³-hybridized carbons (Fsp3) is 0.0909. The van der Waals surface area contributed by atoms with Gasteiger partial charge in [-0.1, -0.05) is 11.6 Å². The van der Waals surface area contributed by atoms with E-state index < -0.39 is 0 Å². The van der Waals surface area contributed by atoms with Crippen molar-refractivity contribution < 1.29 is 0 Å². The Labute approximate surface area is 92.0 Å². The van der Waals surface area contributed by atoms with Crippen LogP contribution in [-0.2, 0) is 7.05 Å². The van der Waals surface area contributed by atoms with E-state index in [0.717, 1.165) is 5.56 Å². The number of hydrogen-bond acceptors (Lipinski definition) is 2. The number of aromatic nitrogens is 2. The lowest BCUT2D eigenvalue weighted by atomic mass is 10.1. The molecule has 0 spiro atoms. The van der Waals surface area contributed by atoms with Gasteiger partial charge >= 0.3 is 0 Å². The molecule has 4 heteroatoms. The third kappa shape index (κ3) is 1.92. The topological polar surface area (TPSA) is 34.9 Å². The minimum atomic E-state index is -0.0402. The molecule has 0 aliphatic carbocycles. The molecule has 0 unspecified atom stereocenters. The maximum atomic E-state index is 11.8. The molecule has 0 saturated heterocycles. The Morgan fingerprint density at radius 1 is 1.33 bits per heavy atom. The Hall–Kier alpha value is -1.61. The molecule has 0 aliphatic rings. The van der Waals surface area contributed by atoms with Crippen molar-refractivity contribution in [3.05, 3.63) is 52.2 Å². The Morgan fingerprint density at radius 2 is 2.13 bits per heavy atom. The summed E-state index contributed by atoms with van der Waals surface area (Å²) >= 11 is 5.68. The second-order valence-electron chi connectivity index (χ2n) is 3.21. The van der Waals surface area contributed by atoms with Crippen molar-refractivity contribution in [2.24, 2.45) is 7.05 Å². The normalized spacial score (nSPS) is 10.3. The van der Waals surface area contributed by atoms with Crippen molar-refractivity contribution in [2.75, 3.05) is 0 Å². The molecule has 76 valence electrons. The lowest BCUT2D eigenvalue weighted by Gasteiger charge is -2.02. The Morgan fingerprint density at radius 3 is 2.80 bits per heavy atom. The SMILES string of the molecule is Cn1cccc(-c2ccc(Cl)nc2)c1=O. The third-order valence-corrected chi connectivity index (χ3v) is 2.39. The van der Waals surface area contributed by atoms with Gasteiger partial charge in [-0.2, -0.15) is 0 Å². The first-order chi connectivity index (χ1) is 7.18. The van der Waals surface area contributed by atoms with Crippen LogP contribution in [0.15, 0.2) is 41.5 Å². The van der Waals surface area contributed by atoms with E-state index in [2.05, 4.69) is 4.98 Å². The average molecular weight is 221 g/mol. The molecule has 0 bridgehead atoms. The minimum Gasteiger partial charge on any atom is -0.318 e. The van der Waals surface area contributed by atoms with E-state index >= 15 is 0 Å². The molecule has 0 atom stereocenters. The molecule has 2 rings (SSSR count). The molecular formula is C11H9ClN2O. The van der Waals surface area contributed by atoms with Crippen LogP contribution in [0.1, 0.15) is 0 Å². The Kier molecular flexibility index (Phi) is 2.56. The van der Waals surface area contributed by atoms with Crippen molar-refractivity contribution in [1.82, 2.24) is 9.55 Å². The van der Waals surface area contributed by atoms with Crippen LogP contribution in [0.4, 0.5) is 0 Å². The fourth-order valence-electron chi connectivity index (χ4n) is 1.35. The average Bonchev–Trinajstić information content (AvgIpc) is 2.24. The zero-order valence-electron chi connectivity index (χ0n) is 8.14. The van der Waals surface area contributed by atoms with Crippen molar-refractivity contribution >= 4 is 11.6 Å². The summed E-state index contributed by atoms with van der Waals surface area (Å²) in [6.07, 6.45) is 3.31. The van der Waals surface area contributed by atoms with Gasteiger partial charge in [0.15, 0.2) is 0 Å². The molecule has 2 aromatic heterocycles. The molecule has 0 radical (unpaired) electrons. The van der Waals surface area contributed by atoms with Crippen LogP contribution in [-0.4, -0.2) is 9.55 Å². The number of rotatable bonds is 1. The van der Waals surface area contributed by atoms with Gasteiger partial charge in [0.05, 0.1) is 0 Å². The number of halogens is 1. The van der Waals surface area contributed by atoms with Crippen molar-refractivity contribution in [3.63, 3.8) is 0 Å². The highest BCUT2D eigenvalue weighted by Crippen LogP contribution is 2.15. The molecule has 0 N–H and O–H groups in total. The van der Waals surface area contributed by atoms with Gasteiger partial charge in [-0.15, -0.1) is 0 Å². The zero-order valence-corrected chi connectivity index (χ0v) is 8.90. The van der Waals surface area contributed by atoms with Gasteiger partial charge in [0.2, 0.25) is 0 Å². The maximum Gasteiger partial charge on any atom is 0.258 e. The van der Waals surface area contributed by atoms with Gasteiger partial charge in [0.25, 0.3) is 5.56 Å². The molecule has 0 saturated carbocycles. The molecule has 0 aromatic carbocycles. The van der Waals surface area contributed by atoms with Gasteiger partial charge in [-0.3, -0.25) is 4.79 Å². The molecule has 2 aromatic rings. The molecule has 2 heterocycles. The third-order valence-electron chi connectivity index (χ3n) is 2.16.